The first kappa shape index (κ1) is 75.1. The Kier molecular flexibility index (Phi) is 49.7. The predicted octanol–water partition coefficient (Wildman–Crippen LogP) is 15.3. The van der Waals surface area contributed by atoms with E-state index in [-0.39, 0.29) is 25.7 Å². The van der Waals surface area contributed by atoms with E-state index in [9.17, 15) is 43.2 Å². The van der Waals surface area contributed by atoms with E-state index in [0.717, 1.165) is 109 Å². The second kappa shape index (κ2) is 51.0. The molecule has 0 aromatic carbocycles. The monoisotopic (exact) mass is 1140 g/mol. The number of phosphoric ester groups is 2. The van der Waals surface area contributed by atoms with Crippen molar-refractivity contribution < 1.29 is 80.2 Å². The molecule has 0 aliphatic rings. The highest BCUT2D eigenvalue weighted by atomic mass is 31.2. The molecule has 0 amide bonds. The molecule has 5 atom stereocenters. The Hall–Kier alpha value is -1.94. The molecule has 2 unspecified atom stereocenters. The number of esters is 4. The van der Waals surface area contributed by atoms with Crippen molar-refractivity contribution in [2.24, 2.45) is 11.8 Å². The molecule has 0 radical (unpaired) electrons. The van der Waals surface area contributed by atoms with E-state index >= 15 is 0 Å². The fraction of sp³-hybridized carbons (Fsp3) is 0.931. The van der Waals surface area contributed by atoms with Crippen molar-refractivity contribution in [1.82, 2.24) is 0 Å². The molecule has 0 aliphatic heterocycles. The van der Waals surface area contributed by atoms with Gasteiger partial charge in [0.05, 0.1) is 26.4 Å². The Morgan fingerprint density at radius 2 is 0.597 bits per heavy atom. The summed E-state index contributed by atoms with van der Waals surface area (Å²) >= 11 is 0. The minimum Gasteiger partial charge on any atom is -0.462 e. The third-order valence-corrected chi connectivity index (χ3v) is 15.1. The second-order valence-corrected chi connectivity index (χ2v) is 24.9. The number of ether oxygens (including phenoxy) is 4. The fourth-order valence-corrected chi connectivity index (χ4v) is 10.0. The lowest BCUT2D eigenvalue weighted by atomic mass is 10.0. The predicted molar refractivity (Wildman–Crippen MR) is 303 cm³/mol. The molecule has 0 spiro atoms. The van der Waals surface area contributed by atoms with Crippen molar-refractivity contribution in [3.63, 3.8) is 0 Å². The van der Waals surface area contributed by atoms with Crippen molar-refractivity contribution in [2.45, 2.75) is 297 Å². The lowest BCUT2D eigenvalue weighted by Gasteiger charge is -2.21. The molecule has 17 nitrogen and oxygen atoms in total. The standard InChI is InChI=1S/C58H112O17P2/c1-7-9-11-13-15-16-17-22-29-35-41-56(61)69-47-53(74-57(62)42-36-30-23-19-18-21-26-32-38-50(3)4)48-72-76(64,65)70-44-52(59)45-71-77(66,67)73-49-54(46-68-55(60)40-34-28-20-14-12-10-8-2)75-58(63)43-37-31-25-24-27-33-39-51(5)6/h50-54,59H,7-49H2,1-6H3,(H,64,65)(H,66,67)/t52-,53-,54-/m1/s1. The maximum atomic E-state index is 12.9. The number of unbranched alkanes of at least 4 members (excludes halogenated alkanes) is 27. The van der Waals surface area contributed by atoms with Gasteiger partial charge in [0.15, 0.2) is 12.2 Å². The lowest BCUT2D eigenvalue weighted by Crippen LogP contribution is -2.30. The quantitative estimate of drug-likeness (QED) is 0.0222. The summed E-state index contributed by atoms with van der Waals surface area (Å²) in [4.78, 5) is 71.7. The molecule has 0 aliphatic carbocycles. The van der Waals surface area contributed by atoms with Crippen molar-refractivity contribution in [1.29, 1.82) is 0 Å². The van der Waals surface area contributed by atoms with Gasteiger partial charge in [-0.15, -0.1) is 0 Å². The van der Waals surface area contributed by atoms with E-state index in [1.807, 2.05) is 0 Å². The second-order valence-electron chi connectivity index (χ2n) is 22.0. The first-order valence-electron chi connectivity index (χ1n) is 30.5. The van der Waals surface area contributed by atoms with Crippen molar-refractivity contribution in [3.8, 4) is 0 Å². The van der Waals surface area contributed by atoms with Gasteiger partial charge >= 0.3 is 39.5 Å². The topological polar surface area (TPSA) is 237 Å². The van der Waals surface area contributed by atoms with E-state index in [4.69, 9.17) is 37.0 Å². The molecule has 0 saturated carbocycles. The van der Waals surface area contributed by atoms with Crippen LogP contribution >= 0.6 is 15.6 Å². The summed E-state index contributed by atoms with van der Waals surface area (Å²) < 4.78 is 67.6. The molecule has 0 aromatic rings. The van der Waals surface area contributed by atoms with Crippen molar-refractivity contribution in [2.75, 3.05) is 39.6 Å². The summed E-state index contributed by atoms with van der Waals surface area (Å²) in [5.41, 5.74) is 0. The number of aliphatic hydroxyl groups is 1. The molecule has 0 saturated heterocycles. The summed E-state index contributed by atoms with van der Waals surface area (Å²) in [5, 5.41) is 10.5. The molecule has 3 N–H and O–H groups in total. The molecular formula is C58H112O17P2. The average Bonchev–Trinajstić information content (AvgIpc) is 3.38. The van der Waals surface area contributed by atoms with E-state index in [1.54, 1.807) is 0 Å². The molecule has 0 bridgehead atoms. The van der Waals surface area contributed by atoms with Gasteiger partial charge in [0.2, 0.25) is 0 Å². The van der Waals surface area contributed by atoms with Gasteiger partial charge in [-0.3, -0.25) is 37.3 Å². The van der Waals surface area contributed by atoms with Crippen LogP contribution in [0.3, 0.4) is 0 Å². The van der Waals surface area contributed by atoms with Crippen LogP contribution in [-0.2, 0) is 65.4 Å². The molecule has 0 heterocycles. The minimum absolute atomic E-state index is 0.101. The highest BCUT2D eigenvalue weighted by Gasteiger charge is 2.30. The lowest BCUT2D eigenvalue weighted by molar-refractivity contribution is -0.161. The van der Waals surface area contributed by atoms with Crippen LogP contribution in [0.4, 0.5) is 0 Å². The fourth-order valence-electron chi connectivity index (χ4n) is 8.47. The van der Waals surface area contributed by atoms with Crippen LogP contribution in [0.15, 0.2) is 0 Å². The summed E-state index contributed by atoms with van der Waals surface area (Å²) in [7, 11) is -9.87. The first-order chi connectivity index (χ1) is 36.9. The molecule has 77 heavy (non-hydrogen) atoms. The first-order valence-corrected chi connectivity index (χ1v) is 33.5. The number of hydrogen-bond acceptors (Lipinski definition) is 15. The van der Waals surface area contributed by atoms with Crippen LogP contribution < -0.4 is 0 Å². The maximum Gasteiger partial charge on any atom is 0.472 e. The molecule has 0 rings (SSSR count). The van der Waals surface area contributed by atoms with Crippen molar-refractivity contribution >= 4 is 39.5 Å². The normalized spacial score (nSPS) is 14.5. The third kappa shape index (κ3) is 53.2. The van der Waals surface area contributed by atoms with Crippen LogP contribution in [0.5, 0.6) is 0 Å². The van der Waals surface area contributed by atoms with E-state index in [2.05, 4.69) is 41.5 Å². The van der Waals surface area contributed by atoms with Gasteiger partial charge in [-0.25, -0.2) is 9.13 Å². The minimum atomic E-state index is -4.94. The molecule has 19 heteroatoms. The smallest absolute Gasteiger partial charge is 0.462 e. The van der Waals surface area contributed by atoms with E-state index < -0.39 is 97.5 Å². The van der Waals surface area contributed by atoms with Gasteiger partial charge in [0, 0.05) is 25.7 Å². The van der Waals surface area contributed by atoms with E-state index in [0.29, 0.717) is 31.6 Å². The Bertz CT molecular complexity index is 1530. The van der Waals surface area contributed by atoms with Crippen LogP contribution in [0.25, 0.3) is 0 Å². The number of phosphoric acid groups is 2. The largest absolute Gasteiger partial charge is 0.472 e. The number of hydrogen-bond donors (Lipinski definition) is 3. The average molecular weight is 1140 g/mol. The Labute approximate surface area is 467 Å². The van der Waals surface area contributed by atoms with Gasteiger partial charge < -0.3 is 33.8 Å². The van der Waals surface area contributed by atoms with Gasteiger partial charge in [-0.05, 0) is 37.5 Å². The number of aliphatic hydroxyl groups excluding tert-OH is 1. The Morgan fingerprint density at radius 3 is 0.883 bits per heavy atom. The van der Waals surface area contributed by atoms with Gasteiger partial charge in [0.25, 0.3) is 0 Å². The van der Waals surface area contributed by atoms with Gasteiger partial charge in [-0.1, -0.05) is 228 Å². The molecule has 0 aromatic heterocycles. The zero-order valence-electron chi connectivity index (χ0n) is 49.2. The highest BCUT2D eigenvalue weighted by molar-refractivity contribution is 7.47. The summed E-state index contributed by atoms with van der Waals surface area (Å²) in [6, 6.07) is 0. The molecule has 0 fully saturated rings. The van der Waals surface area contributed by atoms with E-state index in [1.165, 1.54) is 83.5 Å². The van der Waals surface area contributed by atoms with Crippen LogP contribution in [0.2, 0.25) is 0 Å². The number of carbonyl (C=O) groups is 4. The summed E-state index contributed by atoms with van der Waals surface area (Å²) in [5.74, 6) is -0.764. The Balaban J connectivity index is 5.22. The molecule has 456 valence electrons. The van der Waals surface area contributed by atoms with Crippen molar-refractivity contribution in [3.05, 3.63) is 0 Å². The number of rotatable bonds is 57. The number of carbonyl (C=O) groups excluding carboxylic acids is 4. The zero-order chi connectivity index (χ0) is 57.3. The summed E-state index contributed by atoms with van der Waals surface area (Å²) in [6.45, 7) is 9.26. The SMILES string of the molecule is CCCCCCCCCCCCC(=O)OC[C@H](COP(=O)(O)OC[C@@H](O)COP(=O)(O)OC[C@@H](COC(=O)CCCCCCCCC)OC(=O)CCCCCCCCC(C)C)OC(=O)CCCCCCCCCCC(C)C. The molecular weight excluding hydrogens is 1030 g/mol. The zero-order valence-corrected chi connectivity index (χ0v) is 51.0. The van der Waals surface area contributed by atoms with Crippen LogP contribution in [-0.4, -0.2) is 96.7 Å². The summed E-state index contributed by atoms with van der Waals surface area (Å²) in [6.07, 6.45) is 31.0. The van der Waals surface area contributed by atoms with Gasteiger partial charge in [0.1, 0.15) is 19.3 Å². The third-order valence-electron chi connectivity index (χ3n) is 13.2. The Morgan fingerprint density at radius 1 is 0.351 bits per heavy atom. The highest BCUT2D eigenvalue weighted by Crippen LogP contribution is 2.45. The van der Waals surface area contributed by atoms with Crippen LogP contribution in [0, 0.1) is 11.8 Å². The maximum absolute atomic E-state index is 12.9. The van der Waals surface area contributed by atoms with Crippen LogP contribution in [0.1, 0.15) is 279 Å². The van der Waals surface area contributed by atoms with Gasteiger partial charge in [-0.2, -0.15) is 0 Å².